The summed E-state index contributed by atoms with van der Waals surface area (Å²) < 4.78 is 37.5. The lowest BCUT2D eigenvalue weighted by Gasteiger charge is -2.22. The number of nitrogens with zero attached hydrogens (tertiary/aromatic N) is 1. The predicted octanol–water partition coefficient (Wildman–Crippen LogP) is 3.70. The van der Waals surface area contributed by atoms with Crippen molar-refractivity contribution in [3.8, 4) is 5.75 Å². The maximum atomic E-state index is 12.9. The van der Waals surface area contributed by atoms with E-state index in [1.165, 1.54) is 13.2 Å². The van der Waals surface area contributed by atoms with Gasteiger partial charge in [-0.1, -0.05) is 36.4 Å². The molecule has 0 radical (unpaired) electrons. The number of anilines is 1. The van der Waals surface area contributed by atoms with Gasteiger partial charge in [0.25, 0.3) is 10.0 Å². The van der Waals surface area contributed by atoms with E-state index in [1.807, 2.05) is 30.3 Å². The zero-order valence-corrected chi connectivity index (χ0v) is 16.8. The van der Waals surface area contributed by atoms with Crippen LogP contribution in [0.3, 0.4) is 0 Å². The Labute approximate surface area is 168 Å². The van der Waals surface area contributed by atoms with E-state index in [4.69, 9.17) is 4.74 Å². The molecule has 1 aromatic heterocycles. The average Bonchev–Trinajstić information content (AvgIpc) is 3.27. The minimum Gasteiger partial charge on any atom is -0.489 e. The van der Waals surface area contributed by atoms with Gasteiger partial charge in [-0.05, 0) is 41.3 Å². The Morgan fingerprint density at radius 2 is 1.71 bits per heavy atom. The highest BCUT2D eigenvalue weighted by Crippen LogP contribution is 2.28. The fourth-order valence-electron chi connectivity index (χ4n) is 2.47. The van der Waals surface area contributed by atoms with Crippen molar-refractivity contribution >= 4 is 33.0 Å². The Morgan fingerprint density at radius 3 is 2.32 bits per heavy atom. The molecule has 146 valence electrons. The standard InChI is InChI=1S/C20H19NO5S2/c1-25-19(22)14-21(28(23,24)20-8-5-13-27-20)17-9-11-18(12-10-17)26-15-16-6-3-2-4-7-16/h2-13H,14-15H2,1H3. The summed E-state index contributed by atoms with van der Waals surface area (Å²) in [5.41, 5.74) is 1.38. The van der Waals surface area contributed by atoms with Crippen LogP contribution in [0.1, 0.15) is 5.56 Å². The van der Waals surface area contributed by atoms with Crippen molar-refractivity contribution in [2.75, 3.05) is 18.0 Å². The van der Waals surface area contributed by atoms with E-state index in [-0.39, 0.29) is 4.21 Å². The number of esters is 1. The lowest BCUT2D eigenvalue weighted by atomic mass is 10.2. The van der Waals surface area contributed by atoms with Crippen LogP contribution in [-0.4, -0.2) is 28.0 Å². The third kappa shape index (κ3) is 4.71. The molecule has 0 aliphatic carbocycles. The van der Waals surface area contributed by atoms with E-state index >= 15 is 0 Å². The van der Waals surface area contributed by atoms with E-state index in [1.54, 1.807) is 35.7 Å². The summed E-state index contributed by atoms with van der Waals surface area (Å²) in [6.07, 6.45) is 0. The highest BCUT2D eigenvalue weighted by molar-refractivity contribution is 7.94. The van der Waals surface area contributed by atoms with Crippen molar-refractivity contribution < 1.29 is 22.7 Å². The van der Waals surface area contributed by atoms with Crippen LogP contribution in [0, 0.1) is 0 Å². The molecule has 0 spiro atoms. The first-order valence-electron chi connectivity index (χ1n) is 8.40. The molecule has 0 atom stereocenters. The topological polar surface area (TPSA) is 72.9 Å². The molecule has 28 heavy (non-hydrogen) atoms. The molecular weight excluding hydrogens is 398 g/mol. The van der Waals surface area contributed by atoms with Gasteiger partial charge in [-0.15, -0.1) is 11.3 Å². The van der Waals surface area contributed by atoms with Gasteiger partial charge < -0.3 is 9.47 Å². The van der Waals surface area contributed by atoms with E-state index in [0.717, 1.165) is 21.2 Å². The number of carbonyl (C=O) groups excluding carboxylic acids is 1. The molecule has 3 aromatic rings. The lowest BCUT2D eigenvalue weighted by Crippen LogP contribution is -2.35. The Bertz CT molecular complexity index is 1000. The molecule has 0 aliphatic heterocycles. The van der Waals surface area contributed by atoms with Gasteiger partial charge in [-0.25, -0.2) is 8.42 Å². The zero-order chi connectivity index (χ0) is 20.0. The molecule has 0 saturated heterocycles. The molecule has 0 bridgehead atoms. The van der Waals surface area contributed by atoms with Gasteiger partial charge in [0.1, 0.15) is 23.1 Å². The maximum Gasteiger partial charge on any atom is 0.326 e. The fourth-order valence-corrected chi connectivity index (χ4v) is 4.98. The number of benzene rings is 2. The summed E-state index contributed by atoms with van der Waals surface area (Å²) in [4.78, 5) is 11.8. The monoisotopic (exact) mass is 417 g/mol. The highest BCUT2D eigenvalue weighted by Gasteiger charge is 2.28. The molecule has 6 nitrogen and oxygen atoms in total. The molecule has 0 amide bonds. The molecule has 0 saturated carbocycles. The Morgan fingerprint density at radius 1 is 1.00 bits per heavy atom. The molecular formula is C20H19NO5S2. The van der Waals surface area contributed by atoms with Crippen LogP contribution in [0.2, 0.25) is 0 Å². The van der Waals surface area contributed by atoms with E-state index in [9.17, 15) is 13.2 Å². The van der Waals surface area contributed by atoms with Crippen LogP contribution in [-0.2, 0) is 26.2 Å². The number of sulfonamides is 1. The van der Waals surface area contributed by atoms with Gasteiger partial charge in [0.05, 0.1) is 12.8 Å². The van der Waals surface area contributed by atoms with Crippen molar-refractivity contribution in [1.82, 2.24) is 0 Å². The number of ether oxygens (including phenoxy) is 2. The van der Waals surface area contributed by atoms with Crippen LogP contribution in [0.25, 0.3) is 0 Å². The van der Waals surface area contributed by atoms with Crippen molar-refractivity contribution in [3.63, 3.8) is 0 Å². The highest BCUT2D eigenvalue weighted by atomic mass is 32.2. The Balaban J connectivity index is 1.81. The van der Waals surface area contributed by atoms with E-state index in [0.29, 0.717) is 18.0 Å². The zero-order valence-electron chi connectivity index (χ0n) is 15.1. The number of thiophene rings is 1. The summed E-state index contributed by atoms with van der Waals surface area (Å²) in [7, 11) is -2.65. The average molecular weight is 418 g/mol. The number of rotatable bonds is 8. The SMILES string of the molecule is COC(=O)CN(c1ccc(OCc2ccccc2)cc1)S(=O)(=O)c1cccs1. The Hall–Kier alpha value is -2.84. The van der Waals surface area contributed by atoms with Crippen LogP contribution < -0.4 is 9.04 Å². The summed E-state index contributed by atoms with van der Waals surface area (Å²) in [5, 5.41) is 1.67. The summed E-state index contributed by atoms with van der Waals surface area (Å²) >= 11 is 1.09. The van der Waals surface area contributed by atoms with Gasteiger partial charge in [0.15, 0.2) is 0 Å². The predicted molar refractivity (Wildman–Crippen MR) is 108 cm³/mol. The number of hydrogen-bond acceptors (Lipinski definition) is 6. The number of carbonyl (C=O) groups is 1. The van der Waals surface area contributed by atoms with Crippen molar-refractivity contribution in [2.45, 2.75) is 10.8 Å². The second kappa shape index (κ2) is 8.90. The first-order valence-corrected chi connectivity index (χ1v) is 10.7. The minimum atomic E-state index is -3.87. The van der Waals surface area contributed by atoms with Crippen LogP contribution in [0.15, 0.2) is 76.3 Å². The molecule has 1 heterocycles. The quantitative estimate of drug-likeness (QED) is 0.523. The first kappa shape index (κ1) is 19.9. The largest absolute Gasteiger partial charge is 0.489 e. The summed E-state index contributed by atoms with van der Waals surface area (Å²) in [6.45, 7) is -0.0134. The molecule has 0 unspecified atom stereocenters. The normalized spacial score (nSPS) is 11.0. The van der Waals surface area contributed by atoms with Gasteiger partial charge >= 0.3 is 5.97 Å². The maximum absolute atomic E-state index is 12.9. The van der Waals surface area contributed by atoms with Gasteiger partial charge in [0.2, 0.25) is 0 Å². The lowest BCUT2D eigenvalue weighted by molar-refractivity contribution is -0.138. The van der Waals surface area contributed by atoms with Gasteiger partial charge in [-0.3, -0.25) is 9.10 Å². The van der Waals surface area contributed by atoms with E-state index in [2.05, 4.69) is 4.74 Å². The first-order chi connectivity index (χ1) is 13.5. The van der Waals surface area contributed by atoms with E-state index < -0.39 is 22.5 Å². The second-order valence-corrected chi connectivity index (χ2v) is 8.82. The fraction of sp³-hybridized carbons (Fsp3) is 0.150. The third-order valence-corrected chi connectivity index (χ3v) is 7.06. The van der Waals surface area contributed by atoms with Crippen molar-refractivity contribution in [3.05, 3.63) is 77.7 Å². The van der Waals surface area contributed by atoms with Crippen molar-refractivity contribution in [2.24, 2.45) is 0 Å². The summed E-state index contributed by atoms with van der Waals surface area (Å²) in [5.74, 6) is -0.0522. The van der Waals surface area contributed by atoms with Crippen LogP contribution in [0.5, 0.6) is 5.75 Å². The number of methoxy groups -OCH3 is 1. The van der Waals surface area contributed by atoms with Crippen molar-refractivity contribution in [1.29, 1.82) is 0 Å². The Kier molecular flexibility index (Phi) is 6.33. The minimum absolute atomic E-state index is 0.154. The summed E-state index contributed by atoms with van der Waals surface area (Å²) in [6, 6.07) is 19.4. The molecule has 3 rings (SSSR count). The van der Waals surface area contributed by atoms with Gasteiger partial charge in [-0.2, -0.15) is 0 Å². The molecule has 0 aliphatic rings. The molecule has 0 N–H and O–H groups in total. The van der Waals surface area contributed by atoms with Gasteiger partial charge in [0, 0.05) is 0 Å². The molecule has 2 aromatic carbocycles. The van der Waals surface area contributed by atoms with Crippen LogP contribution in [0.4, 0.5) is 5.69 Å². The third-order valence-electron chi connectivity index (χ3n) is 3.91. The second-order valence-electron chi connectivity index (χ2n) is 5.79. The molecule has 0 fully saturated rings. The smallest absolute Gasteiger partial charge is 0.326 e. The van der Waals surface area contributed by atoms with Crippen LogP contribution >= 0.6 is 11.3 Å². The number of hydrogen-bond donors (Lipinski definition) is 0. The molecule has 8 heteroatoms.